The summed E-state index contributed by atoms with van der Waals surface area (Å²) in [5, 5.41) is 0. The van der Waals surface area contributed by atoms with E-state index in [1.807, 2.05) is 27.7 Å². The van der Waals surface area contributed by atoms with E-state index in [9.17, 15) is 0 Å². The number of ether oxygens (including phenoxy) is 2. The van der Waals surface area contributed by atoms with Gasteiger partial charge in [-0.2, -0.15) is 0 Å². The van der Waals surface area contributed by atoms with E-state index >= 15 is 0 Å². The number of hydrogen-bond donors (Lipinski definition) is 0. The van der Waals surface area contributed by atoms with E-state index in [2.05, 4.69) is 9.78 Å². The van der Waals surface area contributed by atoms with Gasteiger partial charge in [-0.1, -0.05) is 0 Å². The maximum Gasteiger partial charge on any atom is 0.181 e. The molecule has 0 amide bonds. The second-order valence-electron chi connectivity index (χ2n) is 2.90. The van der Waals surface area contributed by atoms with E-state index in [1.54, 1.807) is 0 Å². The summed E-state index contributed by atoms with van der Waals surface area (Å²) in [6, 6.07) is 0. The van der Waals surface area contributed by atoms with Crippen LogP contribution in [0.3, 0.4) is 0 Å². The lowest BCUT2D eigenvalue weighted by Crippen LogP contribution is -2.11. The summed E-state index contributed by atoms with van der Waals surface area (Å²) in [5.74, 6) is 0. The maximum atomic E-state index is 5.05. The van der Waals surface area contributed by atoms with Crippen LogP contribution in [0.2, 0.25) is 0 Å². The summed E-state index contributed by atoms with van der Waals surface area (Å²) < 4.78 is 10.1. The maximum absolute atomic E-state index is 5.05. The second-order valence-corrected chi connectivity index (χ2v) is 2.90. The van der Waals surface area contributed by atoms with E-state index in [1.165, 1.54) is 0 Å². The van der Waals surface area contributed by atoms with E-state index in [0.29, 0.717) is 0 Å². The van der Waals surface area contributed by atoms with Crippen molar-refractivity contribution in [3.63, 3.8) is 0 Å². The molecule has 0 unspecified atom stereocenters. The highest BCUT2D eigenvalue weighted by atomic mass is 17.2. The van der Waals surface area contributed by atoms with Crippen molar-refractivity contribution in [3.05, 3.63) is 0 Å². The molecule has 0 radical (unpaired) electrons. The van der Waals surface area contributed by atoms with Crippen molar-refractivity contribution >= 4 is 0 Å². The van der Waals surface area contributed by atoms with Crippen molar-refractivity contribution in [2.45, 2.75) is 39.9 Å². The first-order valence-corrected chi connectivity index (χ1v) is 4.10. The van der Waals surface area contributed by atoms with Crippen molar-refractivity contribution in [3.8, 4) is 0 Å². The Morgan fingerprint density at radius 2 is 1.08 bits per heavy atom. The summed E-state index contributed by atoms with van der Waals surface area (Å²) >= 11 is 0. The predicted molar refractivity (Wildman–Crippen MR) is 44.3 cm³/mol. The highest BCUT2D eigenvalue weighted by Crippen LogP contribution is 1.91. The van der Waals surface area contributed by atoms with Crippen LogP contribution in [0.5, 0.6) is 0 Å². The SMILES string of the molecule is CC(C)OCOOCOC(C)C. The van der Waals surface area contributed by atoms with Gasteiger partial charge in [0, 0.05) is 0 Å². The summed E-state index contributed by atoms with van der Waals surface area (Å²) in [6.07, 6.45) is 0.305. The number of hydrogen-bond acceptors (Lipinski definition) is 4. The fourth-order valence-corrected chi connectivity index (χ4v) is 0.396. The van der Waals surface area contributed by atoms with Gasteiger partial charge in [-0.05, 0) is 27.7 Å². The molecular formula is C8H18O4. The molecule has 0 aliphatic heterocycles. The van der Waals surface area contributed by atoms with Crippen LogP contribution in [0.15, 0.2) is 0 Å². The predicted octanol–water partition coefficient (Wildman–Crippen LogP) is 1.70. The lowest BCUT2D eigenvalue weighted by Gasteiger charge is -2.09. The van der Waals surface area contributed by atoms with Crippen LogP contribution in [-0.4, -0.2) is 25.8 Å². The highest BCUT2D eigenvalue weighted by Gasteiger charge is 1.94. The zero-order valence-electron chi connectivity index (χ0n) is 8.20. The zero-order chi connectivity index (χ0) is 9.40. The molecule has 0 heterocycles. The Hall–Kier alpha value is -0.160. The van der Waals surface area contributed by atoms with Crippen molar-refractivity contribution in [2.24, 2.45) is 0 Å². The molecule has 0 saturated carbocycles. The molecule has 0 aliphatic carbocycles. The third-order valence-corrected chi connectivity index (χ3v) is 0.982. The Bertz CT molecular complexity index is 81.1. The van der Waals surface area contributed by atoms with Gasteiger partial charge in [0.25, 0.3) is 0 Å². The number of rotatable bonds is 7. The van der Waals surface area contributed by atoms with Crippen LogP contribution in [0.1, 0.15) is 27.7 Å². The fourth-order valence-electron chi connectivity index (χ4n) is 0.396. The fraction of sp³-hybridized carbons (Fsp3) is 1.00. The van der Waals surface area contributed by atoms with Gasteiger partial charge in [0.15, 0.2) is 13.6 Å². The first kappa shape index (κ1) is 11.8. The van der Waals surface area contributed by atoms with Crippen LogP contribution >= 0.6 is 0 Å². The Balaban J connectivity index is 2.91. The zero-order valence-corrected chi connectivity index (χ0v) is 8.20. The Labute approximate surface area is 73.7 Å². The first-order chi connectivity index (χ1) is 5.63. The summed E-state index contributed by atoms with van der Waals surface area (Å²) in [4.78, 5) is 9.30. The van der Waals surface area contributed by atoms with E-state index in [4.69, 9.17) is 9.47 Å². The highest BCUT2D eigenvalue weighted by molar-refractivity contribution is 4.30. The first-order valence-electron chi connectivity index (χ1n) is 4.10. The standard InChI is InChI=1S/C8H18O4/c1-7(2)9-5-11-12-6-10-8(3)4/h7-8H,5-6H2,1-4H3. The van der Waals surface area contributed by atoms with Gasteiger partial charge in [-0.3, -0.25) is 0 Å². The van der Waals surface area contributed by atoms with Gasteiger partial charge in [0.05, 0.1) is 12.2 Å². The minimum Gasteiger partial charge on any atom is -0.350 e. The molecular weight excluding hydrogens is 160 g/mol. The average Bonchev–Trinajstić information content (AvgIpc) is 1.95. The minimum absolute atomic E-state index is 0.138. The summed E-state index contributed by atoms with van der Waals surface area (Å²) in [7, 11) is 0. The molecule has 0 spiro atoms. The molecule has 0 aromatic heterocycles. The van der Waals surface area contributed by atoms with E-state index in [-0.39, 0.29) is 25.8 Å². The quantitative estimate of drug-likeness (QED) is 0.257. The lowest BCUT2D eigenvalue weighted by molar-refractivity contribution is -0.375. The average molecular weight is 178 g/mol. The van der Waals surface area contributed by atoms with Gasteiger partial charge >= 0.3 is 0 Å². The van der Waals surface area contributed by atoms with Crippen molar-refractivity contribution in [1.82, 2.24) is 0 Å². The minimum atomic E-state index is 0.138. The molecule has 4 nitrogen and oxygen atoms in total. The largest absolute Gasteiger partial charge is 0.350 e. The molecule has 0 fully saturated rings. The molecule has 12 heavy (non-hydrogen) atoms. The van der Waals surface area contributed by atoms with Crippen molar-refractivity contribution < 1.29 is 19.2 Å². The van der Waals surface area contributed by atoms with E-state index < -0.39 is 0 Å². The van der Waals surface area contributed by atoms with Crippen LogP contribution < -0.4 is 0 Å². The molecule has 0 atom stereocenters. The third kappa shape index (κ3) is 9.84. The summed E-state index contributed by atoms with van der Waals surface area (Å²) in [5.41, 5.74) is 0. The van der Waals surface area contributed by atoms with Crippen molar-refractivity contribution in [1.29, 1.82) is 0 Å². The Morgan fingerprint density at radius 1 is 0.750 bits per heavy atom. The van der Waals surface area contributed by atoms with Gasteiger partial charge in [-0.25, -0.2) is 9.78 Å². The lowest BCUT2D eigenvalue weighted by atomic mass is 10.5. The van der Waals surface area contributed by atoms with E-state index in [0.717, 1.165) is 0 Å². The smallest absolute Gasteiger partial charge is 0.181 e. The van der Waals surface area contributed by atoms with Crippen LogP contribution in [0, 0.1) is 0 Å². The van der Waals surface area contributed by atoms with Gasteiger partial charge in [0.2, 0.25) is 0 Å². The third-order valence-electron chi connectivity index (χ3n) is 0.982. The van der Waals surface area contributed by atoms with Gasteiger partial charge in [0.1, 0.15) is 0 Å². The van der Waals surface area contributed by atoms with Crippen LogP contribution in [0.25, 0.3) is 0 Å². The second kappa shape index (κ2) is 7.49. The Kier molecular flexibility index (Phi) is 7.39. The van der Waals surface area contributed by atoms with Crippen molar-refractivity contribution in [2.75, 3.05) is 13.6 Å². The monoisotopic (exact) mass is 178 g/mol. The van der Waals surface area contributed by atoms with Crippen LogP contribution in [0.4, 0.5) is 0 Å². The van der Waals surface area contributed by atoms with Gasteiger partial charge in [-0.15, -0.1) is 0 Å². The topological polar surface area (TPSA) is 36.9 Å². The molecule has 4 heteroatoms. The molecule has 0 aliphatic rings. The molecule has 74 valence electrons. The normalized spacial score (nSPS) is 11.5. The molecule has 0 bridgehead atoms. The van der Waals surface area contributed by atoms with Crippen LogP contribution in [-0.2, 0) is 19.2 Å². The molecule has 0 aromatic rings. The Morgan fingerprint density at radius 3 is 1.33 bits per heavy atom. The molecule has 0 N–H and O–H groups in total. The van der Waals surface area contributed by atoms with Gasteiger partial charge < -0.3 is 9.47 Å². The molecule has 0 rings (SSSR count). The molecule has 0 aromatic carbocycles. The summed E-state index contributed by atoms with van der Waals surface area (Å²) in [6.45, 7) is 7.97. The molecule has 0 saturated heterocycles.